The maximum atomic E-state index is 12.4. The summed E-state index contributed by atoms with van der Waals surface area (Å²) in [5, 5.41) is 9.69. The minimum Gasteiger partial charge on any atom is -0.462 e. The average Bonchev–Trinajstić information content (AvgIpc) is 3.40. The van der Waals surface area contributed by atoms with E-state index in [1.807, 2.05) is 0 Å². The summed E-state index contributed by atoms with van der Waals surface area (Å²) in [6.45, 7) is 4.21. The molecule has 1 N–H and O–H groups in total. The Morgan fingerprint density at radius 1 is 0.297 bits per heavy atom. The van der Waals surface area contributed by atoms with Crippen molar-refractivity contribution in [3.63, 3.8) is 0 Å². The maximum absolute atomic E-state index is 12.4. The molecule has 5 nitrogen and oxygen atoms in total. The van der Waals surface area contributed by atoms with Gasteiger partial charge in [-0.15, -0.1) is 0 Å². The first-order valence-corrected chi connectivity index (χ1v) is 33.9. The smallest absolute Gasteiger partial charge is 0.306 e. The molecule has 0 saturated carbocycles. The van der Waals surface area contributed by atoms with E-state index in [1.165, 1.54) is 327 Å². The number of esters is 2. The van der Waals surface area contributed by atoms with Crippen LogP contribution < -0.4 is 0 Å². The minimum atomic E-state index is -0.769. The van der Waals surface area contributed by atoms with Crippen molar-refractivity contribution < 1.29 is 24.2 Å². The fraction of sp³-hybridized carbons (Fsp3) is 0.913. The molecule has 0 radical (unpaired) electrons. The zero-order valence-electron chi connectivity index (χ0n) is 50.4. The highest BCUT2D eigenvalue weighted by Crippen LogP contribution is 2.19. The van der Waals surface area contributed by atoms with E-state index in [9.17, 15) is 14.7 Å². The Labute approximate surface area is 464 Å². The highest BCUT2D eigenvalue weighted by atomic mass is 16.6. The van der Waals surface area contributed by atoms with Crippen LogP contribution in [0, 0.1) is 0 Å². The molecule has 1 unspecified atom stereocenters. The Balaban J connectivity index is 3.39. The molecular weight excluding hydrogens is 909 g/mol. The predicted octanol–water partition coefficient (Wildman–Crippen LogP) is 23.2. The third-order valence-electron chi connectivity index (χ3n) is 15.7. The van der Waals surface area contributed by atoms with Gasteiger partial charge in [0.25, 0.3) is 0 Å². The first-order chi connectivity index (χ1) is 36.6. The van der Waals surface area contributed by atoms with Gasteiger partial charge in [-0.25, -0.2) is 0 Å². The number of rotatable bonds is 64. The Kier molecular flexibility index (Phi) is 64.2. The number of hydrogen-bond donors (Lipinski definition) is 1. The second-order valence-electron chi connectivity index (χ2n) is 23.3. The molecule has 0 aromatic carbocycles. The summed E-state index contributed by atoms with van der Waals surface area (Å²) in [5.41, 5.74) is 0. The van der Waals surface area contributed by atoms with E-state index in [1.54, 1.807) is 0 Å². The quantitative estimate of drug-likeness (QED) is 0.0373. The van der Waals surface area contributed by atoms with Crippen molar-refractivity contribution in [1.29, 1.82) is 0 Å². The summed E-state index contributed by atoms with van der Waals surface area (Å²) < 4.78 is 10.8. The topological polar surface area (TPSA) is 72.8 Å². The highest BCUT2D eigenvalue weighted by molar-refractivity contribution is 5.70. The van der Waals surface area contributed by atoms with E-state index in [-0.39, 0.29) is 25.2 Å². The Morgan fingerprint density at radius 2 is 0.500 bits per heavy atom. The molecular formula is C69H132O5. The van der Waals surface area contributed by atoms with Crippen LogP contribution >= 0.6 is 0 Å². The molecule has 0 aromatic heterocycles. The second kappa shape index (κ2) is 65.7. The molecule has 5 heteroatoms. The minimum absolute atomic E-state index is 0.0585. The van der Waals surface area contributed by atoms with Crippen molar-refractivity contribution in [3.8, 4) is 0 Å². The third kappa shape index (κ3) is 62.9. The molecule has 0 bridgehead atoms. The van der Waals surface area contributed by atoms with E-state index >= 15 is 0 Å². The summed E-state index contributed by atoms with van der Waals surface area (Å²) in [7, 11) is 0. The molecule has 0 amide bonds. The van der Waals surface area contributed by atoms with Crippen LogP contribution in [0.2, 0.25) is 0 Å². The van der Waals surface area contributed by atoms with Gasteiger partial charge >= 0.3 is 11.9 Å². The number of ether oxygens (including phenoxy) is 2. The summed E-state index contributed by atoms with van der Waals surface area (Å²) >= 11 is 0. The maximum Gasteiger partial charge on any atom is 0.306 e. The molecule has 0 rings (SSSR count). The van der Waals surface area contributed by atoms with Gasteiger partial charge in [0.05, 0.1) is 6.61 Å². The molecule has 1 atom stereocenters. The summed E-state index contributed by atoms with van der Waals surface area (Å²) in [4.78, 5) is 24.6. The van der Waals surface area contributed by atoms with Gasteiger partial charge in [-0.05, 0) is 64.2 Å². The molecule has 0 aromatic rings. The monoisotopic (exact) mass is 1040 g/mol. The lowest BCUT2D eigenvalue weighted by Crippen LogP contribution is -2.28. The van der Waals surface area contributed by atoms with E-state index in [2.05, 4.69) is 38.2 Å². The molecule has 0 heterocycles. The lowest BCUT2D eigenvalue weighted by molar-refractivity contribution is -0.161. The van der Waals surface area contributed by atoms with Gasteiger partial charge in [0.2, 0.25) is 0 Å². The highest BCUT2D eigenvalue weighted by Gasteiger charge is 2.16. The van der Waals surface area contributed by atoms with Gasteiger partial charge in [-0.3, -0.25) is 9.59 Å². The zero-order valence-corrected chi connectivity index (χ0v) is 50.4. The van der Waals surface area contributed by atoms with E-state index in [0.717, 1.165) is 32.1 Å². The summed E-state index contributed by atoms with van der Waals surface area (Å²) in [6.07, 6.45) is 84.9. The molecule has 74 heavy (non-hydrogen) atoms. The molecule has 0 fully saturated rings. The fourth-order valence-corrected chi connectivity index (χ4v) is 10.6. The van der Waals surface area contributed by atoms with Gasteiger partial charge in [0.15, 0.2) is 6.10 Å². The fourth-order valence-electron chi connectivity index (χ4n) is 10.6. The molecule has 0 aliphatic heterocycles. The predicted molar refractivity (Wildman–Crippen MR) is 325 cm³/mol. The van der Waals surface area contributed by atoms with Gasteiger partial charge in [-0.2, -0.15) is 0 Å². The van der Waals surface area contributed by atoms with Crippen LogP contribution in [-0.4, -0.2) is 36.4 Å². The van der Waals surface area contributed by atoms with E-state index in [0.29, 0.717) is 12.8 Å². The Morgan fingerprint density at radius 3 is 0.730 bits per heavy atom. The van der Waals surface area contributed by atoms with Crippen molar-refractivity contribution in [3.05, 3.63) is 24.3 Å². The Hall–Kier alpha value is -1.62. The standard InChI is InChI=1S/C69H132O5/c1-3-5-7-9-11-13-15-17-19-21-23-25-27-29-31-33-34-36-38-40-42-44-46-48-50-52-54-56-58-60-62-64-69(72)74-67(65-70)66-73-68(71)63-61-59-57-55-53-51-49-47-45-43-41-39-37-35-32-30-28-26-24-22-20-18-16-14-12-10-8-6-4-2/h21-24,67,70H,3-20,25-66H2,1-2H3/b23-21-,24-22-. The van der Waals surface area contributed by atoms with Crippen LogP contribution in [0.1, 0.15) is 386 Å². The van der Waals surface area contributed by atoms with Gasteiger partial charge in [-0.1, -0.05) is 334 Å². The number of hydrogen-bond acceptors (Lipinski definition) is 5. The van der Waals surface area contributed by atoms with Crippen LogP contribution in [0.5, 0.6) is 0 Å². The first-order valence-electron chi connectivity index (χ1n) is 33.9. The van der Waals surface area contributed by atoms with E-state index in [4.69, 9.17) is 9.47 Å². The molecule has 0 spiro atoms. The number of unbranched alkanes of at least 4 members (excludes halogenated alkanes) is 52. The van der Waals surface area contributed by atoms with Crippen LogP contribution in [0.15, 0.2) is 24.3 Å². The lowest BCUT2D eigenvalue weighted by Gasteiger charge is -2.15. The number of aliphatic hydroxyl groups excluding tert-OH is 1. The van der Waals surface area contributed by atoms with Gasteiger partial charge in [0.1, 0.15) is 6.61 Å². The lowest BCUT2D eigenvalue weighted by atomic mass is 10.0. The normalized spacial score (nSPS) is 12.2. The van der Waals surface area contributed by atoms with Gasteiger partial charge in [0, 0.05) is 12.8 Å². The van der Waals surface area contributed by atoms with Crippen molar-refractivity contribution in [2.75, 3.05) is 13.2 Å². The first kappa shape index (κ1) is 72.4. The van der Waals surface area contributed by atoms with Crippen molar-refractivity contribution in [2.24, 2.45) is 0 Å². The van der Waals surface area contributed by atoms with Crippen molar-refractivity contribution >= 4 is 11.9 Å². The summed E-state index contributed by atoms with van der Waals surface area (Å²) in [5.74, 6) is -0.565. The largest absolute Gasteiger partial charge is 0.462 e. The summed E-state index contributed by atoms with van der Waals surface area (Å²) in [6, 6.07) is 0. The number of carbonyl (C=O) groups is 2. The van der Waals surface area contributed by atoms with Crippen LogP contribution in [-0.2, 0) is 19.1 Å². The molecule has 0 aliphatic rings. The van der Waals surface area contributed by atoms with Crippen molar-refractivity contribution in [2.45, 2.75) is 392 Å². The molecule has 0 saturated heterocycles. The zero-order chi connectivity index (χ0) is 53.4. The van der Waals surface area contributed by atoms with Gasteiger partial charge < -0.3 is 14.6 Å². The van der Waals surface area contributed by atoms with Crippen LogP contribution in [0.4, 0.5) is 0 Å². The molecule has 0 aliphatic carbocycles. The SMILES string of the molecule is CCCCCCCCCC/C=C\CCCCCCCCCCCCCCCCCCCCCC(=O)OC(CO)COC(=O)CCCCCCCCCCCCCCCCCCC/C=C\CCCCCCCCCC. The number of allylic oxidation sites excluding steroid dienone is 4. The van der Waals surface area contributed by atoms with Crippen molar-refractivity contribution in [1.82, 2.24) is 0 Å². The number of aliphatic hydroxyl groups is 1. The van der Waals surface area contributed by atoms with E-state index < -0.39 is 6.10 Å². The second-order valence-corrected chi connectivity index (χ2v) is 23.3. The number of carbonyl (C=O) groups excluding carboxylic acids is 2. The molecule has 438 valence electrons. The third-order valence-corrected chi connectivity index (χ3v) is 15.7. The van der Waals surface area contributed by atoms with Crippen LogP contribution in [0.3, 0.4) is 0 Å². The average molecular weight is 1040 g/mol. The Bertz CT molecular complexity index is 1130. The van der Waals surface area contributed by atoms with Crippen LogP contribution in [0.25, 0.3) is 0 Å².